The van der Waals surface area contributed by atoms with Crippen molar-refractivity contribution >= 4 is 221 Å². The van der Waals surface area contributed by atoms with Gasteiger partial charge in [0, 0.05) is 136 Å². The first-order valence-electron chi connectivity index (χ1n) is 45.1. The maximum absolute atomic E-state index is 5.11. The molecule has 133 heavy (non-hydrogen) atoms. The molecule has 0 aliphatic carbocycles. The van der Waals surface area contributed by atoms with Crippen LogP contribution in [0.5, 0.6) is 0 Å². The lowest BCUT2D eigenvalue weighted by atomic mass is 9.91. The first-order valence-corrected chi connectivity index (χ1v) is 46.7. The molecule has 11 heteroatoms. The maximum Gasteiger partial charge on any atom is 0.137 e. The van der Waals surface area contributed by atoms with Crippen LogP contribution in [0.3, 0.4) is 0 Å². The molecule has 30 aromatic rings. The van der Waals surface area contributed by atoms with E-state index in [1.54, 1.807) is 0 Å². The van der Waals surface area contributed by atoms with Gasteiger partial charge in [0.05, 0.1) is 60.9 Å². The number of hydrogen-bond donors (Lipinski definition) is 0. The number of thiophene rings is 2. The average molecular weight is 1730 g/mol. The van der Waals surface area contributed by atoms with Gasteiger partial charge in [-0.2, -0.15) is 0 Å². The van der Waals surface area contributed by atoms with E-state index in [1.807, 2.05) is 47.1 Å². The number of aromatic nitrogens is 9. The molecule has 0 bridgehead atoms. The van der Waals surface area contributed by atoms with Crippen LogP contribution in [0.1, 0.15) is 0 Å². The molecule has 11 aromatic heterocycles. The van der Waals surface area contributed by atoms with E-state index in [0.717, 1.165) is 78.2 Å². The monoisotopic (exact) mass is 1730 g/mol. The van der Waals surface area contributed by atoms with Crippen molar-refractivity contribution < 1.29 is 0 Å². The van der Waals surface area contributed by atoms with Crippen LogP contribution < -0.4 is 0 Å². The summed E-state index contributed by atoms with van der Waals surface area (Å²) in [4.78, 5) is 19.7. The number of fused-ring (bicyclic) bond motifs is 36. The second-order valence-electron chi connectivity index (χ2n) is 34.7. The highest BCUT2D eigenvalue weighted by atomic mass is 32.1. The number of hydrogen-bond acceptors (Lipinski definition) is 6. The van der Waals surface area contributed by atoms with Crippen LogP contribution in [0.15, 0.2) is 443 Å². The van der Waals surface area contributed by atoms with Gasteiger partial charge in [0.2, 0.25) is 0 Å². The molecule has 0 aliphatic rings. The number of nitrogens with zero attached hydrogens (tertiary/aromatic N) is 9. The van der Waals surface area contributed by atoms with E-state index >= 15 is 0 Å². The Balaban J connectivity index is 0.000000105. The van der Waals surface area contributed by atoms with Gasteiger partial charge >= 0.3 is 0 Å². The first-order chi connectivity index (χ1) is 65.9. The summed E-state index contributed by atoms with van der Waals surface area (Å²) >= 11 is 3.74. The van der Waals surface area contributed by atoms with Gasteiger partial charge in [-0.15, -0.1) is 22.7 Å². The van der Waals surface area contributed by atoms with Crippen molar-refractivity contribution in [1.82, 2.24) is 42.3 Å². The minimum atomic E-state index is 0.957. The number of rotatable bonds is 7. The summed E-state index contributed by atoms with van der Waals surface area (Å²) in [6, 6.07) is 152. The second-order valence-corrected chi connectivity index (χ2v) is 36.9. The van der Waals surface area contributed by atoms with Gasteiger partial charge in [-0.05, 0) is 235 Å². The molecule has 0 radical (unpaired) electrons. The normalized spacial score (nSPS) is 12.1. The van der Waals surface area contributed by atoms with E-state index < -0.39 is 0 Å². The summed E-state index contributed by atoms with van der Waals surface area (Å²) in [6.07, 6.45) is 8.18. The molecule has 0 saturated carbocycles. The third kappa shape index (κ3) is 11.8. The Morgan fingerprint density at radius 2 is 0.489 bits per heavy atom. The highest BCUT2D eigenvalue weighted by Gasteiger charge is 2.24. The highest BCUT2D eigenvalue weighted by molar-refractivity contribution is 7.26. The van der Waals surface area contributed by atoms with Crippen LogP contribution in [0.4, 0.5) is 0 Å². The molecule has 0 fully saturated rings. The van der Waals surface area contributed by atoms with Gasteiger partial charge < -0.3 is 9.13 Å². The molecule has 9 nitrogen and oxygen atoms in total. The summed E-state index contributed by atoms with van der Waals surface area (Å²) < 4.78 is 16.8. The molecule has 0 amide bonds. The van der Waals surface area contributed by atoms with Gasteiger partial charge in [-0.25, -0.2) is 15.0 Å². The minimum Gasteiger partial charge on any atom is -0.309 e. The van der Waals surface area contributed by atoms with E-state index in [-0.39, 0.29) is 0 Å². The van der Waals surface area contributed by atoms with Crippen molar-refractivity contribution in [3.8, 4) is 67.1 Å². The number of benzene rings is 19. The fourth-order valence-corrected chi connectivity index (χ4v) is 23.7. The molecule has 0 N–H and O–H groups in total. The maximum atomic E-state index is 5.11. The van der Waals surface area contributed by atoms with E-state index in [2.05, 4.69) is 446 Å². The largest absolute Gasteiger partial charge is 0.309 e. The van der Waals surface area contributed by atoms with Gasteiger partial charge in [0.15, 0.2) is 0 Å². The minimum absolute atomic E-state index is 0.957. The summed E-state index contributed by atoms with van der Waals surface area (Å²) in [7, 11) is 0. The van der Waals surface area contributed by atoms with Crippen LogP contribution in [-0.2, 0) is 0 Å². The summed E-state index contributed by atoms with van der Waals surface area (Å²) in [6.45, 7) is 0. The smallest absolute Gasteiger partial charge is 0.137 e. The fraction of sp³-hybridized carbons (Fsp3) is 0. The van der Waals surface area contributed by atoms with Crippen LogP contribution >= 0.6 is 22.7 Å². The zero-order valence-corrected chi connectivity index (χ0v) is 73.1. The molecule has 0 atom stereocenters. The lowest BCUT2D eigenvalue weighted by Gasteiger charge is -2.16. The standard InChI is InChI=1S/C49H30N4.C49H28N2S2.C24H15N3/c1-2-18-40-35(13-1)42-29-31(24-25-41(42)49-48(40)50-47-23-11-12-26-51(47)49)32-27-33(52-43-19-7-3-14-36(43)37-15-4-8-20-44(37)52)30-34(28-32)53-45-21-9-5-16-38(45)39-17-6-10-22-46(39)53;1-2-12-39-35(9-1)41-26-29(17-20-40(41)49-48(39)50-47-15-7-8-22-51(47)49)32-23-33(30-18-21-45-42(27-30)37-11-4-6-14-44(37)52-45)25-34(24-32)31-16-19-38-36-10-3-5-13-43(36)53-46(38)28-31;1-2-8-18-17(7-1)20-15-16(21-9-3-5-13-25-21)11-12-19(20)24-23(18)26-22-10-4-6-14-27(22)24/h1-30H;1-28H;1-15H. The van der Waals surface area contributed by atoms with Crippen LogP contribution in [0.2, 0.25) is 0 Å². The molecule has 11 heterocycles. The predicted octanol–water partition coefficient (Wildman–Crippen LogP) is 33.0. The first kappa shape index (κ1) is 74.8. The Hall–Kier alpha value is -17.2. The zero-order chi connectivity index (χ0) is 87.0. The Morgan fingerprint density at radius 3 is 0.917 bits per heavy atom. The lowest BCUT2D eigenvalue weighted by Crippen LogP contribution is -2.00. The number of para-hydroxylation sites is 4. The van der Waals surface area contributed by atoms with Gasteiger partial charge in [0.1, 0.15) is 16.9 Å². The van der Waals surface area contributed by atoms with Crippen LogP contribution in [-0.4, -0.2) is 42.3 Å². The highest BCUT2D eigenvalue weighted by Crippen LogP contribution is 2.48. The third-order valence-electron chi connectivity index (χ3n) is 27.4. The predicted molar refractivity (Wildman–Crippen MR) is 563 cm³/mol. The summed E-state index contributed by atoms with van der Waals surface area (Å²) in [5, 5.41) is 24.8. The van der Waals surface area contributed by atoms with Crippen molar-refractivity contribution in [3.05, 3.63) is 443 Å². The molecule has 30 rings (SSSR count). The second kappa shape index (κ2) is 29.7. The van der Waals surface area contributed by atoms with Crippen LogP contribution in [0, 0.1) is 0 Å². The van der Waals surface area contributed by atoms with Crippen molar-refractivity contribution in [3.63, 3.8) is 0 Å². The van der Waals surface area contributed by atoms with Gasteiger partial charge in [0.25, 0.3) is 0 Å². The van der Waals surface area contributed by atoms with Gasteiger partial charge in [-0.3, -0.25) is 18.2 Å². The number of pyridine rings is 4. The molecule has 0 saturated heterocycles. The van der Waals surface area contributed by atoms with Crippen molar-refractivity contribution in [2.24, 2.45) is 0 Å². The molecule has 618 valence electrons. The van der Waals surface area contributed by atoms with Crippen molar-refractivity contribution in [2.75, 3.05) is 0 Å². The molecule has 0 aliphatic heterocycles. The molecular formula is C122H73N9S2. The molecule has 0 spiro atoms. The average Bonchev–Trinajstić information content (AvgIpc) is 1.65. The zero-order valence-electron chi connectivity index (χ0n) is 71.5. The SMILES string of the molecule is c1ccc(-c2ccc3c(c2)c2ccccc2c2nc4ccccn4c32)nc1.c1ccc2c(c1)c1cc(-c3cc(-n4c5ccccc5c5ccccc54)cc(-n4c5ccccc5c5ccccc54)c3)ccc1c1c2nc2ccccn21.c1ccc2c(c1)sc1cc(-c3cc(-c4ccc5sc6ccccc6c5c4)cc(-c4ccc5c(c4)c4ccccc4c4nc6ccccn6c54)c3)ccc12. The van der Waals surface area contributed by atoms with E-state index in [9.17, 15) is 0 Å². The quantitative estimate of drug-likeness (QED) is 0.149. The molecule has 19 aromatic carbocycles. The van der Waals surface area contributed by atoms with E-state index in [4.69, 9.17) is 15.0 Å². The molecule has 0 unspecified atom stereocenters. The van der Waals surface area contributed by atoms with Crippen molar-refractivity contribution in [2.45, 2.75) is 0 Å². The Kier molecular flexibility index (Phi) is 16.7. The fourth-order valence-electron chi connectivity index (χ4n) is 21.4. The topological polar surface area (TPSA) is 74.7 Å². The van der Waals surface area contributed by atoms with E-state index in [0.29, 0.717) is 0 Å². The summed E-state index contributed by atoms with van der Waals surface area (Å²) in [5.74, 6) is 0. The van der Waals surface area contributed by atoms with Crippen LogP contribution in [0.25, 0.3) is 266 Å². The van der Waals surface area contributed by atoms with E-state index in [1.165, 1.54) is 188 Å². The van der Waals surface area contributed by atoms with Crippen molar-refractivity contribution in [1.29, 1.82) is 0 Å². The summed E-state index contributed by atoms with van der Waals surface area (Å²) in [5.41, 5.74) is 28.2. The lowest BCUT2D eigenvalue weighted by molar-refractivity contribution is 1.13. The Bertz CT molecular complexity index is 9920. The third-order valence-corrected chi connectivity index (χ3v) is 29.7. The molecular weight excluding hydrogens is 1660 g/mol. The number of imidazole rings is 3. The Labute approximate surface area is 768 Å². The van der Waals surface area contributed by atoms with Gasteiger partial charge in [-0.1, -0.05) is 261 Å². The Morgan fingerprint density at radius 1 is 0.180 bits per heavy atom.